The van der Waals surface area contributed by atoms with Crippen LogP contribution in [0.5, 0.6) is 0 Å². The van der Waals surface area contributed by atoms with Crippen LogP contribution < -0.4 is 5.32 Å². The maximum atomic E-state index is 12.6. The van der Waals surface area contributed by atoms with Crippen LogP contribution in [0.4, 0.5) is 0 Å². The van der Waals surface area contributed by atoms with Gasteiger partial charge in [0.1, 0.15) is 0 Å². The molecular weight excluding hydrogens is 1050 g/mol. The van der Waals surface area contributed by atoms with Gasteiger partial charge in [0.25, 0.3) is 0 Å². The van der Waals surface area contributed by atoms with E-state index >= 15 is 0 Å². The van der Waals surface area contributed by atoms with E-state index in [9.17, 15) is 19.8 Å². The molecule has 3 N–H and O–H groups in total. The average Bonchev–Trinajstić information content (AvgIpc) is 3.53. The van der Waals surface area contributed by atoms with Crippen LogP contribution in [0.25, 0.3) is 0 Å². The molecule has 0 aliphatic rings. The highest BCUT2D eigenvalue weighted by Gasteiger charge is 2.18. The molecule has 0 heterocycles. The second-order valence-electron chi connectivity index (χ2n) is 26.7. The summed E-state index contributed by atoms with van der Waals surface area (Å²) in [5.41, 5.74) is 0. The number of amides is 1. The van der Waals surface area contributed by atoms with Crippen LogP contribution in [0.2, 0.25) is 0 Å². The lowest BCUT2D eigenvalue weighted by Gasteiger charge is -2.20. The van der Waals surface area contributed by atoms with Gasteiger partial charge in [0.05, 0.1) is 25.4 Å². The molecule has 0 saturated carbocycles. The van der Waals surface area contributed by atoms with Gasteiger partial charge in [-0.3, -0.25) is 9.59 Å². The average molecular weight is 1210 g/mol. The van der Waals surface area contributed by atoms with E-state index in [2.05, 4.69) is 55.6 Å². The molecule has 1 amide bonds. The zero-order chi connectivity index (χ0) is 62.0. The highest BCUT2D eigenvalue weighted by molar-refractivity contribution is 5.76. The number of aliphatic hydroxyl groups excluding tert-OH is 2. The van der Waals surface area contributed by atoms with Crippen molar-refractivity contribution in [3.8, 4) is 0 Å². The fourth-order valence-electron chi connectivity index (χ4n) is 12.1. The Morgan fingerprint density at radius 2 is 0.581 bits per heavy atom. The van der Waals surface area contributed by atoms with Crippen molar-refractivity contribution in [2.75, 3.05) is 13.2 Å². The summed E-state index contributed by atoms with van der Waals surface area (Å²) >= 11 is 0. The van der Waals surface area contributed by atoms with E-state index in [-0.39, 0.29) is 18.5 Å². The van der Waals surface area contributed by atoms with Gasteiger partial charge in [0.15, 0.2) is 0 Å². The smallest absolute Gasteiger partial charge is 0.305 e. The molecule has 0 spiro atoms. The van der Waals surface area contributed by atoms with E-state index in [0.29, 0.717) is 19.4 Å². The summed E-state index contributed by atoms with van der Waals surface area (Å²) in [6.07, 6.45) is 99.3. The van der Waals surface area contributed by atoms with Gasteiger partial charge in [0.2, 0.25) is 5.91 Å². The van der Waals surface area contributed by atoms with E-state index in [1.165, 1.54) is 347 Å². The number of ether oxygens (including phenoxy) is 1. The Morgan fingerprint density at radius 1 is 0.326 bits per heavy atom. The maximum Gasteiger partial charge on any atom is 0.305 e. The third kappa shape index (κ3) is 70.9. The minimum Gasteiger partial charge on any atom is -0.466 e. The molecular formula is C80H151NO5. The lowest BCUT2D eigenvalue weighted by Crippen LogP contribution is -2.45. The van der Waals surface area contributed by atoms with Crippen molar-refractivity contribution < 1.29 is 24.5 Å². The van der Waals surface area contributed by atoms with E-state index < -0.39 is 12.1 Å². The van der Waals surface area contributed by atoms with Gasteiger partial charge in [-0.1, -0.05) is 371 Å². The largest absolute Gasteiger partial charge is 0.466 e. The zero-order valence-corrected chi connectivity index (χ0v) is 58.1. The van der Waals surface area contributed by atoms with Gasteiger partial charge in [-0.25, -0.2) is 0 Å². The van der Waals surface area contributed by atoms with Crippen LogP contribution in [-0.2, 0) is 14.3 Å². The minimum atomic E-state index is -0.849. The molecule has 0 aromatic carbocycles. The first-order valence-electron chi connectivity index (χ1n) is 38.9. The zero-order valence-electron chi connectivity index (χ0n) is 58.1. The standard InChI is InChI=1S/C80H151NO5/c1-3-5-7-9-11-13-15-17-19-21-23-24-25-27-30-33-37-40-44-48-52-56-60-64-68-72-78(83)77(76-82)81-79(84)73-69-65-61-57-53-49-45-41-38-34-31-28-26-29-32-35-39-43-47-51-55-59-63-67-71-75-86-80(85)74-70-66-62-58-54-50-46-42-36-22-20-18-16-14-12-10-8-6-4-2/h12,14,18,20,28,31,68,72,77-78,82-83H,3-11,13,15-17,19,21-27,29-30,32-67,69-71,73-76H2,1-2H3,(H,81,84)/b14-12-,20-18-,31-28-,72-68+. The van der Waals surface area contributed by atoms with Crippen LogP contribution in [0.15, 0.2) is 48.6 Å². The molecule has 0 aromatic rings. The number of nitrogens with one attached hydrogen (secondary N) is 1. The molecule has 0 saturated heterocycles. The van der Waals surface area contributed by atoms with Gasteiger partial charge in [-0.15, -0.1) is 0 Å². The van der Waals surface area contributed by atoms with Crippen LogP contribution in [0, 0.1) is 0 Å². The van der Waals surface area contributed by atoms with Crippen molar-refractivity contribution in [1.82, 2.24) is 5.32 Å². The van der Waals surface area contributed by atoms with E-state index in [4.69, 9.17) is 4.74 Å². The Morgan fingerprint density at radius 3 is 0.919 bits per heavy atom. The Labute approximate surface area is 537 Å². The predicted octanol–water partition coefficient (Wildman–Crippen LogP) is 25.6. The second kappa shape index (κ2) is 75.3. The summed E-state index contributed by atoms with van der Waals surface area (Å²) in [6.45, 7) is 4.92. The summed E-state index contributed by atoms with van der Waals surface area (Å²) in [6, 6.07) is -0.633. The molecule has 0 aliphatic carbocycles. The normalized spacial score (nSPS) is 12.7. The predicted molar refractivity (Wildman–Crippen MR) is 379 cm³/mol. The van der Waals surface area contributed by atoms with Crippen LogP contribution in [0.1, 0.15) is 425 Å². The topological polar surface area (TPSA) is 95.9 Å². The van der Waals surface area contributed by atoms with Crippen LogP contribution in [0.3, 0.4) is 0 Å². The fraction of sp³-hybridized carbons (Fsp3) is 0.875. The summed E-state index contributed by atoms with van der Waals surface area (Å²) in [5, 5.41) is 23.3. The van der Waals surface area contributed by atoms with E-state index in [1.54, 1.807) is 6.08 Å². The fourth-order valence-corrected chi connectivity index (χ4v) is 12.1. The number of hydrogen-bond donors (Lipinski definition) is 3. The summed E-state index contributed by atoms with van der Waals surface area (Å²) < 4.78 is 5.51. The third-order valence-corrected chi connectivity index (χ3v) is 18.1. The van der Waals surface area contributed by atoms with Gasteiger partial charge in [-0.2, -0.15) is 0 Å². The van der Waals surface area contributed by atoms with E-state index in [0.717, 1.165) is 51.4 Å². The maximum absolute atomic E-state index is 12.6. The number of esters is 1. The van der Waals surface area contributed by atoms with Gasteiger partial charge < -0.3 is 20.3 Å². The van der Waals surface area contributed by atoms with Gasteiger partial charge >= 0.3 is 5.97 Å². The molecule has 86 heavy (non-hydrogen) atoms. The number of carbonyl (C=O) groups excluding carboxylic acids is 2. The Hall–Kier alpha value is -2.18. The van der Waals surface area contributed by atoms with Crippen molar-refractivity contribution in [3.05, 3.63) is 48.6 Å². The summed E-state index contributed by atoms with van der Waals surface area (Å²) in [4.78, 5) is 24.7. The lowest BCUT2D eigenvalue weighted by atomic mass is 10.0. The van der Waals surface area contributed by atoms with Crippen molar-refractivity contribution in [3.63, 3.8) is 0 Å². The minimum absolute atomic E-state index is 0.00987. The van der Waals surface area contributed by atoms with Crippen molar-refractivity contribution in [2.45, 2.75) is 437 Å². The highest BCUT2D eigenvalue weighted by Crippen LogP contribution is 2.19. The van der Waals surface area contributed by atoms with Crippen LogP contribution >= 0.6 is 0 Å². The van der Waals surface area contributed by atoms with E-state index in [1.807, 2.05) is 6.08 Å². The molecule has 506 valence electrons. The lowest BCUT2D eigenvalue weighted by molar-refractivity contribution is -0.143. The number of aliphatic hydroxyl groups is 2. The first-order valence-corrected chi connectivity index (χ1v) is 38.9. The molecule has 0 fully saturated rings. The molecule has 0 radical (unpaired) electrons. The SMILES string of the molecule is CCCCC/C=C\C/C=C\CCCCCCCCCCCC(=O)OCCCCCCCCCCCCCC/C=C\CCCCCCCCCCCC(=O)NC(CO)C(O)/C=C/CCCCCCCCCCCCCCCCCCCCCCCCC. The van der Waals surface area contributed by atoms with Crippen molar-refractivity contribution in [1.29, 1.82) is 0 Å². The summed E-state index contributed by atoms with van der Waals surface area (Å²) in [7, 11) is 0. The summed E-state index contributed by atoms with van der Waals surface area (Å²) in [5.74, 6) is -0.0569. The first kappa shape index (κ1) is 83.8. The Bertz CT molecular complexity index is 1440. The molecule has 6 nitrogen and oxygen atoms in total. The Kier molecular flexibility index (Phi) is 73.4. The quantitative estimate of drug-likeness (QED) is 0.0320. The number of carbonyl (C=O) groups is 2. The number of unbranched alkanes of at least 4 members (excludes halogenated alkanes) is 56. The molecule has 6 heteroatoms. The highest BCUT2D eigenvalue weighted by atomic mass is 16.5. The second-order valence-corrected chi connectivity index (χ2v) is 26.7. The molecule has 2 atom stereocenters. The van der Waals surface area contributed by atoms with Gasteiger partial charge in [-0.05, 0) is 89.9 Å². The molecule has 0 bridgehead atoms. The third-order valence-electron chi connectivity index (χ3n) is 18.1. The van der Waals surface area contributed by atoms with Crippen molar-refractivity contribution >= 4 is 11.9 Å². The van der Waals surface area contributed by atoms with Gasteiger partial charge in [0, 0.05) is 12.8 Å². The molecule has 0 aliphatic heterocycles. The van der Waals surface area contributed by atoms with Crippen LogP contribution in [-0.4, -0.2) is 47.4 Å². The molecule has 0 rings (SSSR count). The monoisotopic (exact) mass is 1210 g/mol. The molecule has 0 aromatic heterocycles. The Balaban J connectivity index is 3.42. The molecule has 2 unspecified atom stereocenters. The van der Waals surface area contributed by atoms with Crippen molar-refractivity contribution in [2.24, 2.45) is 0 Å². The number of allylic oxidation sites excluding steroid dienone is 7. The first-order chi connectivity index (χ1) is 42.5. The number of hydrogen-bond acceptors (Lipinski definition) is 5. The number of rotatable bonds is 73.